The van der Waals surface area contributed by atoms with Crippen LogP contribution in [0.2, 0.25) is 0 Å². The molecule has 60 valence electrons. The van der Waals surface area contributed by atoms with Gasteiger partial charge in [-0.05, 0) is 6.07 Å². The number of hydrogen-bond acceptors (Lipinski definition) is 3. The van der Waals surface area contributed by atoms with Gasteiger partial charge in [-0.1, -0.05) is 18.2 Å². The summed E-state index contributed by atoms with van der Waals surface area (Å²) in [4.78, 5) is 21.5. The van der Waals surface area contributed by atoms with Crippen LogP contribution in [0.5, 0.6) is 0 Å². The lowest BCUT2D eigenvalue weighted by Gasteiger charge is -1.98. The van der Waals surface area contributed by atoms with Gasteiger partial charge in [-0.2, -0.15) is 0 Å². The van der Waals surface area contributed by atoms with Gasteiger partial charge in [0.1, 0.15) is 0 Å². The molecule has 1 aliphatic rings. The molecule has 3 nitrogen and oxygen atoms in total. The van der Waals surface area contributed by atoms with Gasteiger partial charge in [0.15, 0.2) is 12.4 Å². The third kappa shape index (κ3) is 0.830. The second kappa shape index (κ2) is 2.44. The molecule has 0 amide bonds. The van der Waals surface area contributed by atoms with E-state index in [9.17, 15) is 9.59 Å². The second-order valence-electron chi connectivity index (χ2n) is 2.55. The minimum atomic E-state index is -0.700. The van der Waals surface area contributed by atoms with Crippen molar-refractivity contribution >= 4 is 12.3 Å². The first-order chi connectivity index (χ1) is 5.83. The predicted octanol–water partition coefficient (Wildman–Crippen LogP) is 1.10. The Morgan fingerprint density at radius 1 is 1.33 bits per heavy atom. The van der Waals surface area contributed by atoms with Gasteiger partial charge in [0.05, 0.1) is 5.56 Å². The van der Waals surface area contributed by atoms with Crippen LogP contribution in [-0.2, 0) is 9.53 Å². The fraction of sp³-hybridized carbons (Fsp3) is 0.111. The molecule has 12 heavy (non-hydrogen) atoms. The molecular formula is C9H6O3. The first kappa shape index (κ1) is 7.03. The van der Waals surface area contributed by atoms with Crippen molar-refractivity contribution in [3.8, 4) is 0 Å². The SMILES string of the molecule is O=C[C@@H]1OC(=O)c2ccccc21. The van der Waals surface area contributed by atoms with Crippen LogP contribution in [0, 0.1) is 0 Å². The van der Waals surface area contributed by atoms with E-state index >= 15 is 0 Å². The number of benzene rings is 1. The second-order valence-corrected chi connectivity index (χ2v) is 2.55. The van der Waals surface area contributed by atoms with Crippen LogP contribution in [0.4, 0.5) is 0 Å². The van der Waals surface area contributed by atoms with Gasteiger partial charge < -0.3 is 4.74 Å². The first-order valence-corrected chi connectivity index (χ1v) is 3.58. The fourth-order valence-electron chi connectivity index (χ4n) is 1.27. The molecule has 0 aromatic heterocycles. The maximum absolute atomic E-state index is 11.1. The Bertz CT molecular complexity index is 343. The Labute approximate surface area is 69.0 Å². The van der Waals surface area contributed by atoms with Crippen LogP contribution in [0.3, 0.4) is 0 Å². The van der Waals surface area contributed by atoms with Crippen LogP contribution < -0.4 is 0 Å². The summed E-state index contributed by atoms with van der Waals surface area (Å²) in [5, 5.41) is 0. The van der Waals surface area contributed by atoms with E-state index in [-0.39, 0.29) is 0 Å². The van der Waals surface area contributed by atoms with Crippen LogP contribution in [0.1, 0.15) is 22.0 Å². The van der Waals surface area contributed by atoms with Crippen molar-refractivity contribution in [2.45, 2.75) is 6.10 Å². The molecule has 3 heteroatoms. The molecule has 0 N–H and O–H groups in total. The quantitative estimate of drug-likeness (QED) is 0.458. The van der Waals surface area contributed by atoms with Crippen molar-refractivity contribution in [2.24, 2.45) is 0 Å². The monoisotopic (exact) mass is 162 g/mol. The van der Waals surface area contributed by atoms with Crippen molar-refractivity contribution in [1.29, 1.82) is 0 Å². The van der Waals surface area contributed by atoms with Crippen LogP contribution in [0.15, 0.2) is 24.3 Å². The third-order valence-corrected chi connectivity index (χ3v) is 1.84. The van der Waals surface area contributed by atoms with Crippen LogP contribution in [0.25, 0.3) is 0 Å². The van der Waals surface area contributed by atoms with Crippen LogP contribution in [-0.4, -0.2) is 12.3 Å². The summed E-state index contributed by atoms with van der Waals surface area (Å²) < 4.78 is 4.77. The molecule has 0 saturated carbocycles. The number of rotatable bonds is 1. The number of carbonyl (C=O) groups excluding carboxylic acids is 2. The van der Waals surface area contributed by atoms with E-state index in [4.69, 9.17) is 4.74 Å². The topological polar surface area (TPSA) is 43.4 Å². The predicted molar refractivity (Wildman–Crippen MR) is 40.7 cm³/mol. The van der Waals surface area contributed by atoms with E-state index in [1.807, 2.05) is 0 Å². The normalized spacial score (nSPS) is 20.0. The first-order valence-electron chi connectivity index (χ1n) is 3.58. The molecule has 1 atom stereocenters. The summed E-state index contributed by atoms with van der Waals surface area (Å²) in [7, 11) is 0. The average molecular weight is 162 g/mol. The van der Waals surface area contributed by atoms with Crippen molar-refractivity contribution in [1.82, 2.24) is 0 Å². The summed E-state index contributed by atoms with van der Waals surface area (Å²) in [6.45, 7) is 0. The Balaban J connectivity index is 2.57. The minimum Gasteiger partial charge on any atom is -0.446 e. The Hall–Kier alpha value is -1.64. The maximum atomic E-state index is 11.1. The minimum absolute atomic E-state index is 0.414. The largest absolute Gasteiger partial charge is 0.446 e. The molecule has 2 rings (SSSR count). The number of esters is 1. The molecule has 1 heterocycles. The molecule has 0 spiro atoms. The summed E-state index contributed by atoms with van der Waals surface area (Å²) >= 11 is 0. The maximum Gasteiger partial charge on any atom is 0.339 e. The van der Waals surface area contributed by atoms with E-state index in [1.165, 1.54) is 0 Å². The average Bonchev–Trinajstić information content (AvgIpc) is 2.44. The Morgan fingerprint density at radius 3 is 2.83 bits per heavy atom. The zero-order valence-corrected chi connectivity index (χ0v) is 6.19. The molecule has 0 unspecified atom stereocenters. The van der Waals surface area contributed by atoms with Gasteiger partial charge >= 0.3 is 5.97 Å². The molecule has 1 aliphatic heterocycles. The van der Waals surface area contributed by atoms with Crippen molar-refractivity contribution in [3.63, 3.8) is 0 Å². The van der Waals surface area contributed by atoms with Gasteiger partial charge in [-0.25, -0.2) is 4.79 Å². The van der Waals surface area contributed by atoms with Crippen molar-refractivity contribution in [2.75, 3.05) is 0 Å². The molecule has 0 radical (unpaired) electrons. The van der Waals surface area contributed by atoms with Crippen molar-refractivity contribution in [3.05, 3.63) is 35.4 Å². The lowest BCUT2D eigenvalue weighted by atomic mass is 10.1. The lowest BCUT2D eigenvalue weighted by molar-refractivity contribution is -0.115. The highest BCUT2D eigenvalue weighted by Gasteiger charge is 2.29. The number of hydrogen-bond donors (Lipinski definition) is 0. The van der Waals surface area contributed by atoms with Gasteiger partial charge in [-0.3, -0.25) is 4.79 Å². The number of carbonyl (C=O) groups is 2. The Morgan fingerprint density at radius 2 is 2.08 bits per heavy atom. The van der Waals surface area contributed by atoms with Gasteiger partial charge in [0, 0.05) is 5.56 Å². The van der Waals surface area contributed by atoms with Gasteiger partial charge in [0.25, 0.3) is 0 Å². The Kier molecular flexibility index (Phi) is 1.43. The molecular weight excluding hydrogens is 156 g/mol. The van der Waals surface area contributed by atoms with E-state index in [2.05, 4.69) is 0 Å². The molecule has 0 aliphatic carbocycles. The van der Waals surface area contributed by atoms with E-state index in [0.717, 1.165) is 0 Å². The van der Waals surface area contributed by atoms with E-state index in [1.54, 1.807) is 24.3 Å². The fourth-order valence-corrected chi connectivity index (χ4v) is 1.27. The summed E-state index contributed by atoms with van der Waals surface area (Å²) in [6.07, 6.45) is -0.0716. The summed E-state index contributed by atoms with van der Waals surface area (Å²) in [5.41, 5.74) is 1.16. The van der Waals surface area contributed by atoms with Crippen LogP contribution >= 0.6 is 0 Å². The number of ether oxygens (including phenoxy) is 1. The smallest absolute Gasteiger partial charge is 0.339 e. The van der Waals surface area contributed by atoms with Crippen molar-refractivity contribution < 1.29 is 14.3 Å². The highest BCUT2D eigenvalue weighted by Crippen LogP contribution is 2.28. The molecule has 0 fully saturated rings. The zero-order chi connectivity index (χ0) is 8.55. The number of cyclic esters (lactones) is 1. The molecule has 0 bridgehead atoms. The van der Waals surface area contributed by atoms with E-state index in [0.29, 0.717) is 17.4 Å². The van der Waals surface area contributed by atoms with E-state index < -0.39 is 12.1 Å². The number of fused-ring (bicyclic) bond motifs is 1. The highest BCUT2D eigenvalue weighted by molar-refractivity contribution is 5.96. The standard InChI is InChI=1S/C9H6O3/c10-5-8-6-3-1-2-4-7(6)9(11)12-8/h1-5,8H/t8-/m0/s1. The zero-order valence-electron chi connectivity index (χ0n) is 6.19. The van der Waals surface area contributed by atoms with Gasteiger partial charge in [0.2, 0.25) is 0 Å². The molecule has 1 aromatic rings. The molecule has 1 aromatic carbocycles. The van der Waals surface area contributed by atoms with Gasteiger partial charge in [-0.15, -0.1) is 0 Å². The summed E-state index contributed by atoms with van der Waals surface area (Å²) in [5.74, 6) is -0.414. The third-order valence-electron chi connectivity index (χ3n) is 1.84. The lowest BCUT2D eigenvalue weighted by Crippen LogP contribution is -1.98. The molecule has 0 saturated heterocycles. The highest BCUT2D eigenvalue weighted by atomic mass is 16.6. The number of aldehydes is 1. The summed E-state index contributed by atoms with van der Waals surface area (Å²) in [6, 6.07) is 6.89.